The summed E-state index contributed by atoms with van der Waals surface area (Å²) in [6.07, 6.45) is 0. The number of rotatable bonds is 6. The predicted molar refractivity (Wildman–Crippen MR) is 80.4 cm³/mol. The molecule has 1 unspecified atom stereocenters. The maximum atomic E-state index is 13.6. The number of amides is 2. The van der Waals surface area contributed by atoms with Crippen LogP contribution in [0.5, 0.6) is 0 Å². The second-order valence-electron chi connectivity index (χ2n) is 5.30. The van der Waals surface area contributed by atoms with Crippen LogP contribution in [0, 0.1) is 17.6 Å². The fraction of sp³-hybridized carbons (Fsp3) is 0.500. The summed E-state index contributed by atoms with van der Waals surface area (Å²) in [6, 6.07) is 2.37. The van der Waals surface area contributed by atoms with Crippen molar-refractivity contribution >= 4 is 11.8 Å². The molecule has 1 aromatic carbocycles. The van der Waals surface area contributed by atoms with Crippen molar-refractivity contribution in [1.29, 1.82) is 0 Å². The number of benzene rings is 1. The molecule has 22 heavy (non-hydrogen) atoms. The van der Waals surface area contributed by atoms with Crippen molar-refractivity contribution in [2.75, 3.05) is 13.1 Å². The lowest BCUT2D eigenvalue weighted by atomic mass is 10.0. The van der Waals surface area contributed by atoms with E-state index in [0.29, 0.717) is 13.1 Å². The topological polar surface area (TPSA) is 49.4 Å². The molecule has 0 fully saturated rings. The van der Waals surface area contributed by atoms with Gasteiger partial charge in [-0.15, -0.1) is 0 Å². The van der Waals surface area contributed by atoms with E-state index < -0.39 is 29.1 Å². The Labute approximate surface area is 129 Å². The zero-order chi connectivity index (χ0) is 16.9. The van der Waals surface area contributed by atoms with Crippen molar-refractivity contribution in [2.24, 2.45) is 5.92 Å². The predicted octanol–water partition coefficient (Wildman–Crippen LogP) is 2.59. The van der Waals surface area contributed by atoms with Gasteiger partial charge < -0.3 is 10.2 Å². The normalized spacial score (nSPS) is 12.1. The third-order valence-corrected chi connectivity index (χ3v) is 3.48. The zero-order valence-corrected chi connectivity index (χ0v) is 13.3. The van der Waals surface area contributed by atoms with E-state index in [0.717, 1.165) is 12.1 Å². The van der Waals surface area contributed by atoms with E-state index >= 15 is 0 Å². The molecule has 0 saturated carbocycles. The molecular formula is C16H22F2N2O2. The van der Waals surface area contributed by atoms with Crippen LogP contribution in [-0.2, 0) is 4.79 Å². The molecule has 1 aromatic rings. The van der Waals surface area contributed by atoms with Gasteiger partial charge in [-0.25, -0.2) is 8.78 Å². The van der Waals surface area contributed by atoms with Gasteiger partial charge in [0, 0.05) is 13.1 Å². The smallest absolute Gasteiger partial charge is 0.257 e. The average molecular weight is 312 g/mol. The first kappa shape index (κ1) is 18.1. The zero-order valence-electron chi connectivity index (χ0n) is 13.3. The molecule has 1 rings (SSSR count). The third-order valence-electron chi connectivity index (χ3n) is 3.48. The summed E-state index contributed by atoms with van der Waals surface area (Å²) >= 11 is 0. The van der Waals surface area contributed by atoms with Gasteiger partial charge in [-0.2, -0.15) is 0 Å². The lowest BCUT2D eigenvalue weighted by Crippen LogP contribution is -2.51. The van der Waals surface area contributed by atoms with Crippen LogP contribution in [0.4, 0.5) is 8.78 Å². The Hall–Kier alpha value is -1.98. The minimum absolute atomic E-state index is 0.202. The van der Waals surface area contributed by atoms with Crippen molar-refractivity contribution in [2.45, 2.75) is 33.7 Å². The fourth-order valence-corrected chi connectivity index (χ4v) is 2.17. The molecule has 0 heterocycles. The van der Waals surface area contributed by atoms with Gasteiger partial charge >= 0.3 is 0 Å². The molecule has 1 N–H and O–H groups in total. The number of hydrogen-bond acceptors (Lipinski definition) is 2. The van der Waals surface area contributed by atoms with Gasteiger partial charge in [0.25, 0.3) is 5.91 Å². The molecular weight excluding hydrogens is 290 g/mol. The molecule has 1 atom stereocenters. The quantitative estimate of drug-likeness (QED) is 0.878. The fourth-order valence-electron chi connectivity index (χ4n) is 2.17. The minimum atomic E-state index is -0.949. The van der Waals surface area contributed by atoms with Crippen LogP contribution in [0.15, 0.2) is 18.2 Å². The summed E-state index contributed by atoms with van der Waals surface area (Å²) in [5.41, 5.74) is -0.666. The monoisotopic (exact) mass is 312 g/mol. The van der Waals surface area contributed by atoms with E-state index in [1.54, 1.807) is 18.7 Å². The van der Waals surface area contributed by atoms with Crippen molar-refractivity contribution in [3.05, 3.63) is 35.4 Å². The second kappa shape index (κ2) is 7.87. The highest BCUT2D eigenvalue weighted by molar-refractivity contribution is 5.98. The largest absolute Gasteiger partial charge is 0.341 e. The number of likely N-dealkylation sites (N-methyl/N-ethyl adjacent to an activating group) is 1. The summed E-state index contributed by atoms with van der Waals surface area (Å²) in [5.74, 6) is -3.28. The molecule has 0 saturated heterocycles. The SMILES string of the molecule is CCN(CC)C(=O)C(NC(=O)c1c(F)cccc1F)C(C)C. The van der Waals surface area contributed by atoms with Crippen LogP contribution in [0.25, 0.3) is 0 Å². The van der Waals surface area contributed by atoms with E-state index in [4.69, 9.17) is 0 Å². The van der Waals surface area contributed by atoms with Crippen LogP contribution in [-0.4, -0.2) is 35.8 Å². The molecule has 6 heteroatoms. The van der Waals surface area contributed by atoms with Crippen molar-refractivity contribution in [3.8, 4) is 0 Å². The Bertz CT molecular complexity index is 523. The Balaban J connectivity index is 3.01. The Morgan fingerprint density at radius 1 is 1.14 bits per heavy atom. The number of nitrogens with zero attached hydrogens (tertiary/aromatic N) is 1. The van der Waals surface area contributed by atoms with Crippen molar-refractivity contribution in [1.82, 2.24) is 10.2 Å². The lowest BCUT2D eigenvalue weighted by molar-refractivity contribution is -0.133. The minimum Gasteiger partial charge on any atom is -0.341 e. The maximum Gasteiger partial charge on any atom is 0.257 e. The third kappa shape index (κ3) is 4.02. The summed E-state index contributed by atoms with van der Waals surface area (Å²) < 4.78 is 27.3. The number of carbonyl (C=O) groups is 2. The second-order valence-corrected chi connectivity index (χ2v) is 5.30. The Morgan fingerprint density at radius 3 is 2.05 bits per heavy atom. The highest BCUT2D eigenvalue weighted by atomic mass is 19.1. The van der Waals surface area contributed by atoms with Crippen LogP contribution < -0.4 is 5.32 Å². The molecule has 0 aliphatic heterocycles. The van der Waals surface area contributed by atoms with Gasteiger partial charge in [0.15, 0.2) is 0 Å². The van der Waals surface area contributed by atoms with Crippen LogP contribution in [0.1, 0.15) is 38.1 Å². The van der Waals surface area contributed by atoms with Gasteiger partial charge in [-0.3, -0.25) is 9.59 Å². The molecule has 0 spiro atoms. The summed E-state index contributed by atoms with van der Waals surface area (Å²) in [6.45, 7) is 8.20. The molecule has 0 aromatic heterocycles. The number of carbonyl (C=O) groups excluding carboxylic acids is 2. The molecule has 0 radical (unpaired) electrons. The molecule has 122 valence electrons. The summed E-state index contributed by atoms with van der Waals surface area (Å²) in [5, 5.41) is 2.45. The van der Waals surface area contributed by atoms with Gasteiger partial charge in [-0.1, -0.05) is 19.9 Å². The molecule has 0 bridgehead atoms. The van der Waals surface area contributed by atoms with Gasteiger partial charge in [-0.05, 0) is 31.9 Å². The Morgan fingerprint density at radius 2 is 1.64 bits per heavy atom. The first-order valence-electron chi connectivity index (χ1n) is 7.37. The van der Waals surface area contributed by atoms with Gasteiger partial charge in [0.2, 0.25) is 5.91 Å². The lowest BCUT2D eigenvalue weighted by Gasteiger charge is -2.28. The van der Waals surface area contributed by atoms with Crippen LogP contribution in [0.2, 0.25) is 0 Å². The molecule has 0 aliphatic carbocycles. The first-order chi connectivity index (χ1) is 10.3. The van der Waals surface area contributed by atoms with Gasteiger partial charge in [0.05, 0.1) is 0 Å². The Kier molecular flexibility index (Phi) is 6.46. The number of halogens is 2. The van der Waals surface area contributed by atoms with Crippen molar-refractivity contribution < 1.29 is 18.4 Å². The number of nitrogens with one attached hydrogen (secondary N) is 1. The van der Waals surface area contributed by atoms with E-state index in [1.807, 2.05) is 13.8 Å². The summed E-state index contributed by atoms with van der Waals surface area (Å²) in [4.78, 5) is 26.1. The maximum absolute atomic E-state index is 13.6. The van der Waals surface area contributed by atoms with Crippen molar-refractivity contribution in [3.63, 3.8) is 0 Å². The highest BCUT2D eigenvalue weighted by Gasteiger charge is 2.29. The van der Waals surface area contributed by atoms with Gasteiger partial charge in [0.1, 0.15) is 23.2 Å². The number of hydrogen-bond donors (Lipinski definition) is 1. The van der Waals surface area contributed by atoms with Crippen LogP contribution >= 0.6 is 0 Å². The van der Waals surface area contributed by atoms with E-state index in [2.05, 4.69) is 5.32 Å². The van der Waals surface area contributed by atoms with Crippen LogP contribution in [0.3, 0.4) is 0 Å². The highest BCUT2D eigenvalue weighted by Crippen LogP contribution is 2.14. The van der Waals surface area contributed by atoms with E-state index in [9.17, 15) is 18.4 Å². The molecule has 0 aliphatic rings. The summed E-state index contributed by atoms with van der Waals surface area (Å²) in [7, 11) is 0. The molecule has 4 nitrogen and oxygen atoms in total. The average Bonchev–Trinajstić information content (AvgIpc) is 2.45. The standard InChI is InChI=1S/C16H22F2N2O2/c1-5-20(6-2)16(22)14(10(3)4)19-15(21)13-11(17)8-7-9-12(13)18/h7-10,14H,5-6H2,1-4H3,(H,19,21). The van der Waals surface area contributed by atoms with E-state index in [1.165, 1.54) is 6.07 Å². The first-order valence-corrected chi connectivity index (χ1v) is 7.37. The molecule has 2 amide bonds. The van der Waals surface area contributed by atoms with E-state index in [-0.39, 0.29) is 11.8 Å².